The number of carbonyl (C=O) groups excluding carboxylic acids is 1. The Hall–Kier alpha value is -1.07. The SMILES string of the molecule is CC1CCCCC1(CN)Nc1ccc(C(N)=O)cc1Br. The van der Waals surface area contributed by atoms with E-state index in [1.165, 1.54) is 19.3 Å². The third-order valence-corrected chi connectivity index (χ3v) is 5.11. The molecule has 5 N–H and O–H groups in total. The first-order valence-corrected chi connectivity index (χ1v) is 7.85. The first-order valence-electron chi connectivity index (χ1n) is 7.06. The molecule has 1 aromatic carbocycles. The molecule has 2 rings (SSSR count). The van der Waals surface area contributed by atoms with Crippen LogP contribution in [0.4, 0.5) is 5.69 Å². The highest BCUT2D eigenvalue weighted by Gasteiger charge is 2.37. The topological polar surface area (TPSA) is 81.1 Å². The molecule has 0 radical (unpaired) electrons. The molecule has 2 atom stereocenters. The van der Waals surface area contributed by atoms with Crippen LogP contribution < -0.4 is 16.8 Å². The number of hydrogen-bond donors (Lipinski definition) is 3. The van der Waals surface area contributed by atoms with Crippen molar-refractivity contribution in [2.45, 2.75) is 38.1 Å². The first kappa shape index (κ1) is 15.3. The van der Waals surface area contributed by atoms with E-state index in [9.17, 15) is 4.79 Å². The van der Waals surface area contributed by atoms with Crippen molar-refractivity contribution < 1.29 is 4.79 Å². The van der Waals surface area contributed by atoms with Crippen LogP contribution in [0.2, 0.25) is 0 Å². The van der Waals surface area contributed by atoms with Gasteiger partial charge < -0.3 is 16.8 Å². The largest absolute Gasteiger partial charge is 0.377 e. The first-order chi connectivity index (χ1) is 9.48. The highest BCUT2D eigenvalue weighted by molar-refractivity contribution is 9.10. The Labute approximate surface area is 128 Å². The lowest BCUT2D eigenvalue weighted by Gasteiger charge is -2.43. The van der Waals surface area contributed by atoms with Gasteiger partial charge in [-0.15, -0.1) is 0 Å². The molecule has 1 saturated carbocycles. The molecule has 0 saturated heterocycles. The van der Waals surface area contributed by atoms with Crippen LogP contribution in [0, 0.1) is 5.92 Å². The maximum Gasteiger partial charge on any atom is 0.248 e. The minimum atomic E-state index is -0.420. The van der Waals surface area contributed by atoms with E-state index in [0.29, 0.717) is 18.0 Å². The molecule has 1 aliphatic rings. The van der Waals surface area contributed by atoms with Crippen molar-refractivity contribution in [2.24, 2.45) is 17.4 Å². The normalized spacial score (nSPS) is 26.2. The second kappa shape index (κ2) is 6.14. The quantitative estimate of drug-likeness (QED) is 0.788. The van der Waals surface area contributed by atoms with E-state index in [0.717, 1.165) is 16.6 Å². The summed E-state index contributed by atoms with van der Waals surface area (Å²) in [5, 5.41) is 3.60. The van der Waals surface area contributed by atoms with Crippen molar-refractivity contribution in [3.05, 3.63) is 28.2 Å². The minimum absolute atomic E-state index is 0.0605. The number of nitrogens with two attached hydrogens (primary N) is 2. The highest BCUT2D eigenvalue weighted by atomic mass is 79.9. The van der Waals surface area contributed by atoms with Crippen molar-refractivity contribution in [2.75, 3.05) is 11.9 Å². The Morgan fingerprint density at radius 1 is 1.50 bits per heavy atom. The summed E-state index contributed by atoms with van der Waals surface area (Å²) in [6.45, 7) is 2.86. The van der Waals surface area contributed by atoms with E-state index < -0.39 is 5.91 Å². The van der Waals surface area contributed by atoms with Gasteiger partial charge in [0.2, 0.25) is 5.91 Å². The zero-order chi connectivity index (χ0) is 14.8. The summed E-state index contributed by atoms with van der Waals surface area (Å²) in [5.74, 6) is 0.112. The number of rotatable bonds is 4. The van der Waals surface area contributed by atoms with Crippen LogP contribution in [-0.4, -0.2) is 18.0 Å². The van der Waals surface area contributed by atoms with Crippen LogP contribution in [0.25, 0.3) is 0 Å². The van der Waals surface area contributed by atoms with E-state index in [1.807, 2.05) is 6.07 Å². The van der Waals surface area contributed by atoms with E-state index in [2.05, 4.69) is 28.2 Å². The van der Waals surface area contributed by atoms with Crippen LogP contribution in [0.3, 0.4) is 0 Å². The van der Waals surface area contributed by atoms with Crippen LogP contribution in [0.5, 0.6) is 0 Å². The maximum atomic E-state index is 11.2. The van der Waals surface area contributed by atoms with Gasteiger partial charge in [0.05, 0.1) is 5.54 Å². The molecule has 0 spiro atoms. The van der Waals surface area contributed by atoms with Crippen molar-refractivity contribution in [1.82, 2.24) is 0 Å². The van der Waals surface area contributed by atoms with Gasteiger partial charge in [-0.3, -0.25) is 4.79 Å². The van der Waals surface area contributed by atoms with Gasteiger partial charge in [-0.2, -0.15) is 0 Å². The smallest absolute Gasteiger partial charge is 0.248 e. The number of benzene rings is 1. The lowest BCUT2D eigenvalue weighted by molar-refractivity contribution is 0.100. The van der Waals surface area contributed by atoms with Gasteiger partial charge in [0.1, 0.15) is 0 Å². The number of hydrogen-bond acceptors (Lipinski definition) is 3. The average Bonchev–Trinajstić information content (AvgIpc) is 2.43. The molecule has 1 fully saturated rings. The van der Waals surface area contributed by atoms with Crippen LogP contribution in [0.15, 0.2) is 22.7 Å². The van der Waals surface area contributed by atoms with E-state index >= 15 is 0 Å². The second-order valence-corrected chi connectivity index (χ2v) is 6.55. The number of halogens is 1. The molecule has 0 aliphatic heterocycles. The van der Waals surface area contributed by atoms with Gasteiger partial charge in [0.25, 0.3) is 0 Å². The van der Waals surface area contributed by atoms with Crippen molar-refractivity contribution in [3.63, 3.8) is 0 Å². The molecular formula is C15H22BrN3O. The summed E-state index contributed by atoms with van der Waals surface area (Å²) in [7, 11) is 0. The summed E-state index contributed by atoms with van der Waals surface area (Å²) < 4.78 is 0.847. The van der Waals surface area contributed by atoms with E-state index in [1.54, 1.807) is 12.1 Å². The van der Waals surface area contributed by atoms with Gasteiger partial charge >= 0.3 is 0 Å². The Kier molecular flexibility index (Phi) is 4.70. The molecule has 2 unspecified atom stereocenters. The number of nitrogens with one attached hydrogen (secondary N) is 1. The fourth-order valence-electron chi connectivity index (χ4n) is 2.99. The van der Waals surface area contributed by atoms with Crippen molar-refractivity contribution in [1.29, 1.82) is 0 Å². The molecule has 1 aromatic rings. The predicted octanol–water partition coefficient (Wildman–Crippen LogP) is 2.87. The Morgan fingerprint density at radius 2 is 2.25 bits per heavy atom. The van der Waals surface area contributed by atoms with Gasteiger partial charge in [-0.1, -0.05) is 19.8 Å². The second-order valence-electron chi connectivity index (χ2n) is 5.69. The third-order valence-electron chi connectivity index (χ3n) is 4.45. The highest BCUT2D eigenvalue weighted by Crippen LogP contribution is 2.37. The maximum absolute atomic E-state index is 11.2. The fourth-order valence-corrected chi connectivity index (χ4v) is 3.47. The van der Waals surface area contributed by atoms with Gasteiger partial charge in [-0.05, 0) is 52.9 Å². The minimum Gasteiger partial charge on any atom is -0.377 e. The molecule has 0 bridgehead atoms. The zero-order valence-electron chi connectivity index (χ0n) is 11.8. The molecule has 5 heteroatoms. The lowest BCUT2D eigenvalue weighted by atomic mass is 9.73. The predicted molar refractivity (Wildman–Crippen MR) is 85.7 cm³/mol. The van der Waals surface area contributed by atoms with Crippen molar-refractivity contribution >= 4 is 27.5 Å². The van der Waals surface area contributed by atoms with Crippen LogP contribution in [0.1, 0.15) is 43.0 Å². The van der Waals surface area contributed by atoms with Gasteiger partial charge in [-0.25, -0.2) is 0 Å². The monoisotopic (exact) mass is 339 g/mol. The molecule has 0 heterocycles. The lowest BCUT2D eigenvalue weighted by Crippen LogP contribution is -2.52. The number of primary amides is 1. The van der Waals surface area contributed by atoms with E-state index in [4.69, 9.17) is 11.5 Å². The van der Waals surface area contributed by atoms with E-state index in [-0.39, 0.29) is 5.54 Å². The number of amides is 1. The summed E-state index contributed by atoms with van der Waals surface area (Å²) in [5.41, 5.74) is 12.8. The molecule has 1 amide bonds. The summed E-state index contributed by atoms with van der Waals surface area (Å²) in [4.78, 5) is 11.2. The van der Waals surface area contributed by atoms with Crippen LogP contribution in [-0.2, 0) is 0 Å². The number of carbonyl (C=O) groups is 1. The summed E-state index contributed by atoms with van der Waals surface area (Å²) in [6, 6.07) is 5.39. The Bertz CT molecular complexity index is 506. The van der Waals surface area contributed by atoms with Gasteiger partial charge in [0, 0.05) is 22.3 Å². The Morgan fingerprint density at radius 3 is 2.80 bits per heavy atom. The molecular weight excluding hydrogens is 318 g/mol. The third kappa shape index (κ3) is 2.99. The zero-order valence-corrected chi connectivity index (χ0v) is 13.4. The standard InChI is InChI=1S/C15H22BrN3O/c1-10-4-2-3-7-15(10,9-17)19-13-6-5-11(14(18)20)8-12(13)16/h5-6,8,10,19H,2-4,7,9,17H2,1H3,(H2,18,20). The molecule has 1 aliphatic carbocycles. The van der Waals surface area contributed by atoms with Crippen molar-refractivity contribution in [3.8, 4) is 0 Å². The molecule has 20 heavy (non-hydrogen) atoms. The summed E-state index contributed by atoms with van der Waals surface area (Å²) in [6.07, 6.45) is 4.74. The Balaban J connectivity index is 2.25. The van der Waals surface area contributed by atoms with Gasteiger partial charge in [0.15, 0.2) is 0 Å². The number of anilines is 1. The summed E-state index contributed by atoms with van der Waals surface area (Å²) >= 11 is 3.50. The molecule has 0 aromatic heterocycles. The van der Waals surface area contributed by atoms with Crippen LogP contribution >= 0.6 is 15.9 Å². The molecule has 4 nitrogen and oxygen atoms in total. The average molecular weight is 340 g/mol. The fraction of sp³-hybridized carbons (Fsp3) is 0.533. The molecule has 110 valence electrons.